The molecule has 0 bridgehead atoms. The van der Waals surface area contributed by atoms with Gasteiger partial charge < -0.3 is 63.1 Å². The number of aromatic hydroxyl groups is 2. The van der Waals surface area contributed by atoms with E-state index in [-0.39, 0.29) is 53.1 Å². The van der Waals surface area contributed by atoms with Crippen LogP contribution in [-0.4, -0.2) is 112 Å². The maximum absolute atomic E-state index is 12.7. The molecule has 0 aliphatic carbocycles. The normalized spacial score (nSPS) is 12.3. The van der Waals surface area contributed by atoms with Crippen LogP contribution >= 0.6 is 11.6 Å². The summed E-state index contributed by atoms with van der Waals surface area (Å²) in [6, 6.07) is 9.71. The highest BCUT2D eigenvalue weighted by atomic mass is 35.5. The lowest BCUT2D eigenvalue weighted by Crippen LogP contribution is -2.39. The minimum atomic E-state index is -1.05. The summed E-state index contributed by atoms with van der Waals surface area (Å²) in [5, 5.41) is 38.0. The Balaban J connectivity index is 0.000000735. The van der Waals surface area contributed by atoms with Crippen LogP contribution < -0.4 is 43.2 Å². The van der Waals surface area contributed by atoms with Crippen molar-refractivity contribution in [2.75, 3.05) is 56.4 Å². The number of hydrogen-bond donors (Lipinski definition) is 9. The van der Waals surface area contributed by atoms with E-state index < -0.39 is 136 Å². The van der Waals surface area contributed by atoms with E-state index in [2.05, 4.69) is 32.6 Å². The molecule has 0 saturated heterocycles. The number of nitro benzene ring substituents is 1. The monoisotopic (exact) mass is 1360 g/mol. The van der Waals surface area contributed by atoms with E-state index in [0.29, 0.717) is 56.1 Å². The Morgan fingerprint density at radius 3 is 1.33 bits per heavy atom. The molecule has 0 spiro atoms. The molecule has 23 heteroatoms. The van der Waals surface area contributed by atoms with Gasteiger partial charge in [0.05, 0.1) is 25.5 Å². The highest BCUT2D eigenvalue weighted by Crippen LogP contribution is 2.19. The van der Waals surface area contributed by atoms with Crippen LogP contribution in [0.25, 0.3) is 0 Å². The van der Waals surface area contributed by atoms with Crippen molar-refractivity contribution in [2.24, 2.45) is 17.2 Å². The molecule has 5 amide bonds. The molecule has 0 radical (unpaired) electrons. The molecule has 0 aliphatic rings. The molecule has 0 atom stereocenters. The average molecular weight is 1360 g/mol. The minimum Gasteiger partial charge on any atom is -0.508 e. The number of unbranched alkanes of at least 4 members (excludes halogenated alkanes) is 12. The lowest BCUT2D eigenvalue weighted by Gasteiger charge is -2.27. The fourth-order valence-electron chi connectivity index (χ4n) is 7.40. The van der Waals surface area contributed by atoms with E-state index in [0.717, 1.165) is 64.5 Å². The number of halogens is 1. The highest BCUT2D eigenvalue weighted by molar-refractivity contribution is 6.67. The molecule has 0 fully saturated rings. The van der Waals surface area contributed by atoms with Crippen LogP contribution in [0.5, 0.6) is 17.2 Å². The lowest BCUT2D eigenvalue weighted by atomic mass is 10.1. The quantitative estimate of drug-likeness (QED) is 0.00277. The first-order chi connectivity index (χ1) is 52.2. The van der Waals surface area contributed by atoms with E-state index in [1.807, 2.05) is 0 Å². The summed E-state index contributed by atoms with van der Waals surface area (Å²) in [5.74, 6) is -1.74. The second kappa shape index (κ2) is 52.8. The van der Waals surface area contributed by atoms with Crippen LogP contribution in [0.4, 0.5) is 21.9 Å². The third-order valence-corrected chi connectivity index (χ3v) is 12.3. The molecule has 0 saturated carbocycles. The van der Waals surface area contributed by atoms with Gasteiger partial charge in [0.15, 0.2) is 0 Å². The van der Waals surface area contributed by atoms with Crippen LogP contribution in [-0.2, 0) is 19.1 Å². The fraction of sp³-hybridized carbons (Fsp3) is 0.384. The number of carbonyl (C=O) groups excluding carboxylic acids is 7. The Kier molecular flexibility index (Phi) is 33.8. The first-order valence-electron chi connectivity index (χ1n) is 38.5. The van der Waals surface area contributed by atoms with Crippen molar-refractivity contribution in [2.45, 2.75) is 136 Å². The summed E-state index contributed by atoms with van der Waals surface area (Å²) in [4.78, 5) is 92.8. The Morgan fingerprint density at radius 2 is 0.958 bits per heavy atom. The number of nitrogens with one attached hydrogen (secondary N) is 4. The molecule has 12 N–H and O–H groups in total. The Hall–Kier alpha value is -9.48. The van der Waals surface area contributed by atoms with Crippen LogP contribution in [0.2, 0.25) is 0 Å². The topological polar surface area (TPSA) is 351 Å². The van der Waals surface area contributed by atoms with Crippen LogP contribution in [0.1, 0.15) is 182 Å². The molecule has 0 aliphatic heterocycles. The smallest absolute Gasteiger partial charge is 0.410 e. The number of nitrogens with zero attached hydrogens (tertiary/aromatic N) is 2. The number of hydrogen-bond acceptors (Lipinski definition) is 16. The number of nitro groups is 1. The molecule has 96 heavy (non-hydrogen) atoms. The molecule has 6 rings (SSSR count). The van der Waals surface area contributed by atoms with Gasteiger partial charge in [0, 0.05) is 79.7 Å². The lowest BCUT2D eigenvalue weighted by molar-refractivity contribution is -0.384. The van der Waals surface area contributed by atoms with Gasteiger partial charge in [-0.3, -0.25) is 38.9 Å². The number of nitrogens with two attached hydrogens (primary N) is 3. The zero-order chi connectivity index (χ0) is 84.3. The fourth-order valence-corrected chi connectivity index (χ4v) is 7.49. The van der Waals surface area contributed by atoms with Gasteiger partial charge in [0.1, 0.15) is 22.8 Å². The van der Waals surface area contributed by atoms with Crippen LogP contribution in [0.15, 0.2) is 176 Å². The number of benzene rings is 6. The summed E-state index contributed by atoms with van der Waals surface area (Å²) in [7, 11) is 0. The number of esters is 1. The molecule has 22 nitrogen and oxygen atoms in total. The van der Waals surface area contributed by atoms with Gasteiger partial charge in [-0.05, 0) is 181 Å². The summed E-state index contributed by atoms with van der Waals surface area (Å²) in [5.41, 5.74) is 15.4. The van der Waals surface area contributed by atoms with Gasteiger partial charge in [-0.15, -0.1) is 0 Å². The van der Waals surface area contributed by atoms with Crippen molar-refractivity contribution < 1.29 is 78.7 Å². The number of rotatable bonds is 32. The first kappa shape index (κ1) is 61.4. The van der Waals surface area contributed by atoms with Crippen molar-refractivity contribution in [3.8, 4) is 17.2 Å². The SMILES string of the molecule is C=CC(=O)Nc1ccc(O)cc1.CC(=O)Oc1ccc([N+](=O)[O-])cc1.NCCCCCCCN.[2H]c1c([2H])c([2H])c(C(=O)Cl)c([2H])c1[2H].[2H]c1c([2H])c([2H])c(C(=O)NCCCCCCCN(CCC(=O)Nc2ccc(O)cc2)C(=O)OC(C)(C)C)c([2H])c1[2H].[2H]c1c([2H])c([2H])c(C(=O)NCCCCCCCN)c([2H])c1[2H]. The highest BCUT2D eigenvalue weighted by Gasteiger charge is 2.23. The number of phenolic OH excluding ortho intramolecular Hbond substituents is 2. The Bertz CT molecular complexity index is 3950. The predicted octanol–water partition coefficient (Wildman–Crippen LogP) is 13.6. The maximum atomic E-state index is 12.7. The Morgan fingerprint density at radius 1 is 0.573 bits per heavy atom. The van der Waals surface area contributed by atoms with Gasteiger partial charge in [0.25, 0.3) is 22.7 Å². The molecule has 522 valence electrons. The first-order valence-corrected chi connectivity index (χ1v) is 31.4. The van der Waals surface area contributed by atoms with E-state index in [9.17, 15) is 48.8 Å². The molecule has 6 aromatic carbocycles. The van der Waals surface area contributed by atoms with Crippen molar-refractivity contribution in [1.29, 1.82) is 0 Å². The van der Waals surface area contributed by atoms with E-state index >= 15 is 0 Å². The summed E-state index contributed by atoms with van der Waals surface area (Å²) in [6.07, 6.45) is 15.5. The van der Waals surface area contributed by atoms with Gasteiger partial charge in [-0.2, -0.15) is 0 Å². The third-order valence-electron chi connectivity index (χ3n) is 12.2. The molecule has 6 aromatic rings. The number of amides is 5. The standard InChI is InChI=1S/C28H39N3O5.C14H22N2O.C9H9NO2.C8H7NO4.C7H5ClO.C7H18N2/c1-28(2,3)36-27(35)31(21-18-25(33)30-23-14-16-24(32)17-15-23)20-11-6-4-5-10-19-29-26(34)22-12-8-7-9-13-22;15-11-7-2-1-3-8-12-16-14(17)13-9-5-4-6-10-13;1-2-9(12)10-7-3-5-8(11)6-4-7;1-6(10)13-8-4-2-7(3-5-8)9(11)12;8-7(9)6-4-2-1-3-5-6;8-6-4-2-1-3-5-7-9/h7-9,12-17,32H,4-6,10-11,18-21H2,1-3H3,(H,29,34)(H,30,33);4-6,9-10H,1-3,7-8,11-12,15H2,(H,16,17);2-6,11H,1H2,(H,10,12);2-5H,1H3;1-5H;1-9H2/i7D,8D,9D,12D,13D;4D,5D,6D,9D,10D;;;1D,2D,3D,4D,5D;. The molecule has 0 aromatic heterocycles. The number of carbonyl (C=O) groups is 7. The predicted molar refractivity (Wildman–Crippen MR) is 381 cm³/mol. The van der Waals surface area contributed by atoms with Gasteiger partial charge in [0.2, 0.25) is 11.8 Å². The summed E-state index contributed by atoms with van der Waals surface area (Å²) in [6.45, 7) is 13.6. The van der Waals surface area contributed by atoms with Gasteiger partial charge in [-0.25, -0.2) is 4.79 Å². The van der Waals surface area contributed by atoms with E-state index in [1.54, 1.807) is 45.0 Å². The maximum Gasteiger partial charge on any atom is 0.410 e. The third kappa shape index (κ3) is 45.0. The molecule has 0 heterocycles. The van der Waals surface area contributed by atoms with Crippen LogP contribution in [0, 0.1) is 10.1 Å². The minimum absolute atomic E-state index is 0.0316. The number of anilines is 2. The summed E-state index contributed by atoms with van der Waals surface area (Å²) >= 11 is 5.10. The largest absolute Gasteiger partial charge is 0.508 e. The van der Waals surface area contributed by atoms with Crippen molar-refractivity contribution in [1.82, 2.24) is 15.5 Å². The summed E-state index contributed by atoms with van der Waals surface area (Å²) < 4.78 is 123. The van der Waals surface area contributed by atoms with Crippen molar-refractivity contribution in [3.05, 3.63) is 203 Å². The number of phenols is 2. The van der Waals surface area contributed by atoms with E-state index in [1.165, 1.54) is 98.5 Å². The van der Waals surface area contributed by atoms with Crippen molar-refractivity contribution >= 4 is 69.6 Å². The second-order valence-electron chi connectivity index (χ2n) is 21.4. The van der Waals surface area contributed by atoms with Gasteiger partial charge in [-0.1, -0.05) is 131 Å². The second-order valence-corrected chi connectivity index (χ2v) is 21.7. The molecule has 0 unspecified atom stereocenters. The zero-order valence-corrected chi connectivity index (χ0v) is 55.6. The average Bonchev–Trinajstić information content (AvgIpc) is 0.802. The van der Waals surface area contributed by atoms with Crippen LogP contribution in [0.3, 0.4) is 0 Å². The molecular weight excluding hydrogens is 1250 g/mol. The zero-order valence-electron chi connectivity index (χ0n) is 69.9. The Labute approximate surface area is 592 Å². The van der Waals surface area contributed by atoms with Crippen molar-refractivity contribution in [3.63, 3.8) is 0 Å². The number of non-ortho nitro benzene ring substituents is 1. The molecular formula is C73H100ClN9O13. The van der Waals surface area contributed by atoms with E-state index in [4.69, 9.17) is 59.2 Å². The number of ether oxygens (including phenoxy) is 2. The van der Waals surface area contributed by atoms with Gasteiger partial charge >= 0.3 is 12.1 Å².